The minimum Gasteiger partial charge on any atom is -0.467 e. The number of hydrazone groups is 1. The summed E-state index contributed by atoms with van der Waals surface area (Å²) in [6.07, 6.45) is 3.26. The molecule has 0 bridgehead atoms. The van der Waals surface area contributed by atoms with E-state index in [1.54, 1.807) is 30.7 Å². The predicted octanol–water partition coefficient (Wildman–Crippen LogP) is 3.01. The Morgan fingerprint density at radius 1 is 1.37 bits per heavy atom. The Morgan fingerprint density at radius 3 is 2.68 bits per heavy atom. The molecule has 4 nitrogen and oxygen atoms in total. The van der Waals surface area contributed by atoms with Crippen LogP contribution in [0.25, 0.3) is 0 Å². The molecule has 0 amide bonds. The summed E-state index contributed by atoms with van der Waals surface area (Å²) in [5, 5.41) is 6.59. The van der Waals surface area contributed by atoms with Crippen LogP contribution in [0.15, 0.2) is 52.2 Å². The predicted molar refractivity (Wildman–Crippen MR) is 80.1 cm³/mol. The first-order valence-electron chi connectivity index (χ1n) is 5.54. The summed E-state index contributed by atoms with van der Waals surface area (Å²) in [6, 6.07) is 10.9. The van der Waals surface area contributed by atoms with Crippen molar-refractivity contribution in [1.29, 1.82) is 0 Å². The number of benzene rings is 1. The van der Waals surface area contributed by atoms with Crippen molar-refractivity contribution in [2.75, 3.05) is 0 Å². The van der Waals surface area contributed by atoms with E-state index in [9.17, 15) is 0 Å². The molecule has 0 saturated heterocycles. The van der Waals surface area contributed by atoms with E-state index in [1.165, 1.54) is 5.01 Å². The molecule has 1 aromatic heterocycles. The van der Waals surface area contributed by atoms with Gasteiger partial charge in [0.15, 0.2) is 5.11 Å². The summed E-state index contributed by atoms with van der Waals surface area (Å²) in [4.78, 5) is 0. The molecular formula is C13H12ClN3OS. The summed E-state index contributed by atoms with van der Waals surface area (Å²) >= 11 is 10.8. The van der Waals surface area contributed by atoms with Crippen molar-refractivity contribution >= 4 is 35.1 Å². The molecule has 0 fully saturated rings. The maximum absolute atomic E-state index is 5.81. The van der Waals surface area contributed by atoms with Gasteiger partial charge in [0, 0.05) is 5.02 Å². The molecule has 0 aliphatic rings. The number of nitrogens with two attached hydrogens (primary N) is 1. The van der Waals surface area contributed by atoms with Gasteiger partial charge in [-0.25, -0.2) is 5.01 Å². The van der Waals surface area contributed by atoms with Crippen LogP contribution in [0.4, 0.5) is 0 Å². The Kier molecular flexibility index (Phi) is 4.54. The molecule has 0 aliphatic carbocycles. The van der Waals surface area contributed by atoms with Crippen LogP contribution in [0.5, 0.6) is 0 Å². The van der Waals surface area contributed by atoms with Crippen LogP contribution in [0.2, 0.25) is 5.02 Å². The third kappa shape index (κ3) is 4.08. The van der Waals surface area contributed by atoms with Crippen LogP contribution < -0.4 is 5.73 Å². The van der Waals surface area contributed by atoms with Crippen molar-refractivity contribution < 1.29 is 4.42 Å². The molecule has 6 heteroatoms. The van der Waals surface area contributed by atoms with E-state index in [0.29, 0.717) is 11.6 Å². The topological polar surface area (TPSA) is 54.8 Å². The lowest BCUT2D eigenvalue weighted by molar-refractivity contribution is 0.380. The second-order valence-corrected chi connectivity index (χ2v) is 4.63. The molecule has 0 saturated carbocycles. The highest BCUT2D eigenvalue weighted by molar-refractivity contribution is 7.80. The van der Waals surface area contributed by atoms with Gasteiger partial charge in [0.1, 0.15) is 12.3 Å². The Bertz CT molecular complexity index is 566. The minimum absolute atomic E-state index is 0.182. The van der Waals surface area contributed by atoms with Crippen molar-refractivity contribution in [3.63, 3.8) is 0 Å². The number of rotatable bonds is 4. The first kappa shape index (κ1) is 13.6. The van der Waals surface area contributed by atoms with Gasteiger partial charge in [0.05, 0.1) is 12.5 Å². The smallest absolute Gasteiger partial charge is 0.187 e. The molecule has 2 aromatic rings. The Balaban J connectivity index is 2.08. The monoisotopic (exact) mass is 293 g/mol. The number of halogens is 1. The molecule has 2 N–H and O–H groups in total. The summed E-state index contributed by atoms with van der Waals surface area (Å²) in [7, 11) is 0. The standard InChI is InChI=1S/C13H12ClN3OS/c14-11-5-3-10(4-6-11)8-16-17(13(15)19)9-12-2-1-7-18-12/h1-8H,9H2,(H2,15,19)/b16-8+. The maximum Gasteiger partial charge on any atom is 0.187 e. The molecule has 1 aromatic carbocycles. The molecule has 19 heavy (non-hydrogen) atoms. The lowest BCUT2D eigenvalue weighted by atomic mass is 10.2. The Morgan fingerprint density at radius 2 is 2.11 bits per heavy atom. The van der Waals surface area contributed by atoms with Crippen molar-refractivity contribution in [2.24, 2.45) is 10.8 Å². The van der Waals surface area contributed by atoms with E-state index in [4.69, 9.17) is 34.0 Å². The highest BCUT2D eigenvalue weighted by atomic mass is 35.5. The minimum atomic E-state index is 0.182. The molecule has 0 unspecified atom stereocenters. The van der Waals surface area contributed by atoms with Crippen molar-refractivity contribution in [3.05, 3.63) is 59.0 Å². The second kappa shape index (κ2) is 6.36. The van der Waals surface area contributed by atoms with Crippen LogP contribution in [-0.4, -0.2) is 16.3 Å². The fourth-order valence-corrected chi connectivity index (χ4v) is 1.65. The summed E-state index contributed by atoms with van der Waals surface area (Å²) in [5.74, 6) is 0.737. The van der Waals surface area contributed by atoms with Crippen LogP contribution in [0.1, 0.15) is 11.3 Å². The third-order valence-electron chi connectivity index (χ3n) is 2.36. The van der Waals surface area contributed by atoms with Crippen molar-refractivity contribution in [1.82, 2.24) is 5.01 Å². The number of thiocarbonyl (C=S) groups is 1. The van der Waals surface area contributed by atoms with Crippen molar-refractivity contribution in [3.8, 4) is 0 Å². The van der Waals surface area contributed by atoms with Gasteiger partial charge in [-0.3, -0.25) is 0 Å². The van der Waals surface area contributed by atoms with E-state index in [-0.39, 0.29) is 5.11 Å². The van der Waals surface area contributed by atoms with E-state index in [1.807, 2.05) is 18.2 Å². The highest BCUT2D eigenvalue weighted by Gasteiger charge is 2.07. The molecule has 0 spiro atoms. The van der Waals surface area contributed by atoms with Gasteiger partial charge in [0.2, 0.25) is 0 Å². The number of hydrogen-bond acceptors (Lipinski definition) is 3. The fraction of sp³-hybridized carbons (Fsp3) is 0.0769. The molecule has 0 atom stereocenters. The van der Waals surface area contributed by atoms with E-state index < -0.39 is 0 Å². The van der Waals surface area contributed by atoms with Gasteiger partial charge in [-0.15, -0.1) is 0 Å². The highest BCUT2D eigenvalue weighted by Crippen LogP contribution is 2.09. The Hall–Kier alpha value is -1.85. The average molecular weight is 294 g/mol. The number of nitrogens with zero attached hydrogens (tertiary/aromatic N) is 2. The second-order valence-electron chi connectivity index (χ2n) is 3.77. The maximum atomic E-state index is 5.81. The van der Waals surface area contributed by atoms with Gasteiger partial charge >= 0.3 is 0 Å². The number of hydrogen-bond donors (Lipinski definition) is 1. The SMILES string of the molecule is NC(=S)N(Cc1ccco1)/N=C/c1ccc(Cl)cc1. The van der Waals surface area contributed by atoms with E-state index in [0.717, 1.165) is 11.3 Å². The summed E-state index contributed by atoms with van der Waals surface area (Å²) in [5.41, 5.74) is 6.53. The molecule has 0 radical (unpaired) electrons. The molecule has 2 rings (SSSR count). The molecule has 98 valence electrons. The largest absolute Gasteiger partial charge is 0.467 e. The third-order valence-corrected chi connectivity index (χ3v) is 2.82. The lowest BCUT2D eigenvalue weighted by Crippen LogP contribution is -2.30. The molecular weight excluding hydrogens is 282 g/mol. The zero-order valence-corrected chi connectivity index (χ0v) is 11.6. The van der Waals surface area contributed by atoms with Crippen molar-refractivity contribution in [2.45, 2.75) is 6.54 Å². The van der Waals surface area contributed by atoms with Gasteiger partial charge < -0.3 is 10.2 Å². The molecule has 1 heterocycles. The first-order chi connectivity index (χ1) is 9.15. The summed E-state index contributed by atoms with van der Waals surface area (Å²) in [6.45, 7) is 0.395. The summed E-state index contributed by atoms with van der Waals surface area (Å²) < 4.78 is 5.23. The van der Waals surface area contributed by atoms with Crippen LogP contribution >= 0.6 is 23.8 Å². The zero-order chi connectivity index (χ0) is 13.7. The lowest BCUT2D eigenvalue weighted by Gasteiger charge is -2.14. The zero-order valence-electron chi connectivity index (χ0n) is 9.99. The molecule has 0 aliphatic heterocycles. The van der Waals surface area contributed by atoms with E-state index in [2.05, 4.69) is 5.10 Å². The van der Waals surface area contributed by atoms with Crippen LogP contribution in [-0.2, 0) is 6.54 Å². The van der Waals surface area contributed by atoms with E-state index >= 15 is 0 Å². The van der Waals surface area contributed by atoms with Crippen LogP contribution in [0.3, 0.4) is 0 Å². The average Bonchev–Trinajstić information content (AvgIpc) is 2.89. The normalized spacial score (nSPS) is 10.8. The van der Waals surface area contributed by atoms with Gasteiger partial charge in [-0.05, 0) is 42.0 Å². The van der Waals surface area contributed by atoms with Crippen LogP contribution in [0, 0.1) is 0 Å². The number of furan rings is 1. The quantitative estimate of drug-likeness (QED) is 0.535. The first-order valence-corrected chi connectivity index (χ1v) is 6.32. The fourth-order valence-electron chi connectivity index (χ4n) is 1.41. The Labute approximate surface area is 121 Å². The van der Waals surface area contributed by atoms with Gasteiger partial charge in [-0.1, -0.05) is 23.7 Å². The van der Waals surface area contributed by atoms with Gasteiger partial charge in [-0.2, -0.15) is 5.10 Å². The van der Waals surface area contributed by atoms with Gasteiger partial charge in [0.25, 0.3) is 0 Å².